The second kappa shape index (κ2) is 5.31. The molecule has 2 aromatic rings. The summed E-state index contributed by atoms with van der Waals surface area (Å²) in [6, 6.07) is 9.69. The SMILES string of the molecule is Nc1cc(Nc2ccccc2OC(F)F)ccn1. The number of hydrogen-bond acceptors (Lipinski definition) is 4. The van der Waals surface area contributed by atoms with E-state index in [4.69, 9.17) is 5.73 Å². The van der Waals surface area contributed by atoms with E-state index in [1.165, 1.54) is 12.3 Å². The quantitative estimate of drug-likeness (QED) is 0.876. The van der Waals surface area contributed by atoms with Crippen molar-refractivity contribution in [1.82, 2.24) is 4.98 Å². The van der Waals surface area contributed by atoms with E-state index in [-0.39, 0.29) is 5.75 Å². The maximum atomic E-state index is 12.2. The third-order valence-corrected chi connectivity index (χ3v) is 2.16. The Morgan fingerprint density at radius 1 is 1.22 bits per heavy atom. The summed E-state index contributed by atoms with van der Waals surface area (Å²) in [5.74, 6) is 0.412. The number of pyridine rings is 1. The minimum Gasteiger partial charge on any atom is -0.433 e. The molecule has 4 nitrogen and oxygen atoms in total. The molecule has 0 atom stereocenters. The van der Waals surface area contributed by atoms with Crippen LogP contribution in [0.4, 0.5) is 26.0 Å². The van der Waals surface area contributed by atoms with Crippen LogP contribution in [0.2, 0.25) is 0 Å². The topological polar surface area (TPSA) is 60.2 Å². The number of benzene rings is 1. The fourth-order valence-electron chi connectivity index (χ4n) is 1.45. The molecule has 94 valence electrons. The Kier molecular flexibility index (Phi) is 3.57. The number of halogens is 2. The van der Waals surface area contributed by atoms with E-state index in [0.29, 0.717) is 17.2 Å². The van der Waals surface area contributed by atoms with Crippen molar-refractivity contribution in [3.63, 3.8) is 0 Å². The van der Waals surface area contributed by atoms with E-state index in [9.17, 15) is 8.78 Å². The van der Waals surface area contributed by atoms with E-state index in [1.54, 1.807) is 30.3 Å². The summed E-state index contributed by atoms with van der Waals surface area (Å²) in [5.41, 5.74) is 6.61. The lowest BCUT2D eigenvalue weighted by Crippen LogP contribution is -2.04. The van der Waals surface area contributed by atoms with Crippen LogP contribution in [0.5, 0.6) is 5.75 Å². The van der Waals surface area contributed by atoms with Crippen molar-refractivity contribution in [2.45, 2.75) is 6.61 Å². The number of hydrogen-bond donors (Lipinski definition) is 2. The number of nitrogens with two attached hydrogens (primary N) is 1. The van der Waals surface area contributed by atoms with Gasteiger partial charge in [0, 0.05) is 18.0 Å². The van der Waals surface area contributed by atoms with Crippen LogP contribution in [-0.4, -0.2) is 11.6 Å². The van der Waals surface area contributed by atoms with E-state index in [1.807, 2.05) is 0 Å². The Balaban J connectivity index is 2.23. The Labute approximate surface area is 102 Å². The first-order valence-corrected chi connectivity index (χ1v) is 5.17. The van der Waals surface area contributed by atoms with Crippen molar-refractivity contribution in [2.75, 3.05) is 11.1 Å². The fourth-order valence-corrected chi connectivity index (χ4v) is 1.45. The minimum absolute atomic E-state index is 0.0721. The van der Waals surface area contributed by atoms with Crippen molar-refractivity contribution >= 4 is 17.2 Å². The van der Waals surface area contributed by atoms with Gasteiger partial charge in [-0.05, 0) is 18.2 Å². The summed E-state index contributed by atoms with van der Waals surface area (Å²) in [6.45, 7) is -2.87. The van der Waals surface area contributed by atoms with Gasteiger partial charge in [0.15, 0.2) is 0 Å². The molecule has 1 aromatic carbocycles. The maximum Gasteiger partial charge on any atom is 0.387 e. The van der Waals surface area contributed by atoms with Crippen molar-refractivity contribution < 1.29 is 13.5 Å². The number of anilines is 3. The molecule has 0 radical (unpaired) electrons. The molecule has 0 spiro atoms. The van der Waals surface area contributed by atoms with Gasteiger partial charge >= 0.3 is 6.61 Å². The first-order chi connectivity index (χ1) is 8.65. The molecule has 0 aliphatic heterocycles. The summed E-state index contributed by atoms with van der Waals surface area (Å²) in [5, 5.41) is 2.94. The van der Waals surface area contributed by atoms with E-state index >= 15 is 0 Å². The molecule has 3 N–H and O–H groups in total. The molecular weight excluding hydrogens is 240 g/mol. The van der Waals surface area contributed by atoms with Crippen LogP contribution in [-0.2, 0) is 0 Å². The Bertz CT molecular complexity index is 534. The highest BCUT2D eigenvalue weighted by Crippen LogP contribution is 2.28. The van der Waals surface area contributed by atoms with Gasteiger partial charge in [0.25, 0.3) is 0 Å². The predicted octanol–water partition coefficient (Wildman–Crippen LogP) is 3.01. The van der Waals surface area contributed by atoms with Gasteiger partial charge in [0.2, 0.25) is 0 Å². The number of para-hydroxylation sites is 2. The van der Waals surface area contributed by atoms with Gasteiger partial charge in [-0.1, -0.05) is 12.1 Å². The molecule has 0 saturated heterocycles. The monoisotopic (exact) mass is 251 g/mol. The summed E-state index contributed by atoms with van der Waals surface area (Å²) < 4.78 is 28.9. The van der Waals surface area contributed by atoms with Crippen molar-refractivity contribution in [3.05, 3.63) is 42.6 Å². The summed E-state index contributed by atoms with van der Waals surface area (Å²) in [7, 11) is 0. The van der Waals surface area contributed by atoms with Crippen molar-refractivity contribution in [3.8, 4) is 5.75 Å². The lowest BCUT2D eigenvalue weighted by Gasteiger charge is -2.12. The van der Waals surface area contributed by atoms with Gasteiger partial charge in [0.1, 0.15) is 11.6 Å². The number of nitrogens with zero attached hydrogens (tertiary/aromatic N) is 1. The first kappa shape index (κ1) is 12.1. The van der Waals surface area contributed by atoms with Crippen molar-refractivity contribution in [1.29, 1.82) is 0 Å². The zero-order chi connectivity index (χ0) is 13.0. The number of alkyl halides is 2. The third-order valence-electron chi connectivity index (χ3n) is 2.16. The van der Waals surface area contributed by atoms with E-state index < -0.39 is 6.61 Å². The number of aromatic nitrogens is 1. The van der Waals surface area contributed by atoms with Gasteiger partial charge in [-0.3, -0.25) is 0 Å². The Hall–Kier alpha value is -2.37. The van der Waals surface area contributed by atoms with Crippen LogP contribution >= 0.6 is 0 Å². The number of ether oxygens (including phenoxy) is 1. The van der Waals surface area contributed by atoms with Crippen LogP contribution in [0.25, 0.3) is 0 Å². The average molecular weight is 251 g/mol. The van der Waals surface area contributed by atoms with E-state index in [2.05, 4.69) is 15.0 Å². The van der Waals surface area contributed by atoms with Crippen LogP contribution in [0.3, 0.4) is 0 Å². The molecule has 6 heteroatoms. The summed E-state index contributed by atoms with van der Waals surface area (Å²) >= 11 is 0. The highest BCUT2D eigenvalue weighted by atomic mass is 19.3. The van der Waals surface area contributed by atoms with Gasteiger partial charge in [-0.2, -0.15) is 8.78 Å². The minimum atomic E-state index is -2.87. The smallest absolute Gasteiger partial charge is 0.387 e. The van der Waals surface area contributed by atoms with Crippen molar-refractivity contribution in [2.24, 2.45) is 0 Å². The Morgan fingerprint density at radius 2 is 2.00 bits per heavy atom. The zero-order valence-corrected chi connectivity index (χ0v) is 9.31. The van der Waals surface area contributed by atoms with Crippen LogP contribution < -0.4 is 15.8 Å². The highest BCUT2D eigenvalue weighted by molar-refractivity contribution is 5.67. The third kappa shape index (κ3) is 3.07. The van der Waals surface area contributed by atoms with E-state index in [0.717, 1.165) is 0 Å². The molecule has 0 aliphatic rings. The summed E-state index contributed by atoms with van der Waals surface area (Å²) in [6.07, 6.45) is 1.52. The zero-order valence-electron chi connectivity index (χ0n) is 9.31. The second-order valence-corrected chi connectivity index (χ2v) is 3.47. The van der Waals surface area contributed by atoms with Crippen LogP contribution in [0, 0.1) is 0 Å². The molecule has 0 amide bonds. The highest BCUT2D eigenvalue weighted by Gasteiger charge is 2.09. The lowest BCUT2D eigenvalue weighted by molar-refractivity contribution is -0.0493. The Morgan fingerprint density at radius 3 is 2.72 bits per heavy atom. The lowest BCUT2D eigenvalue weighted by atomic mass is 10.2. The molecule has 0 aliphatic carbocycles. The fraction of sp³-hybridized carbons (Fsp3) is 0.0833. The van der Waals surface area contributed by atoms with Gasteiger partial charge in [0.05, 0.1) is 5.69 Å². The second-order valence-electron chi connectivity index (χ2n) is 3.47. The molecule has 18 heavy (non-hydrogen) atoms. The largest absolute Gasteiger partial charge is 0.433 e. The molecule has 0 bridgehead atoms. The van der Waals surface area contributed by atoms with Crippen LogP contribution in [0.1, 0.15) is 0 Å². The molecule has 0 saturated carbocycles. The molecule has 2 rings (SSSR count). The average Bonchev–Trinajstić information content (AvgIpc) is 2.31. The van der Waals surface area contributed by atoms with Gasteiger partial charge in [-0.25, -0.2) is 4.98 Å². The molecule has 0 unspecified atom stereocenters. The number of nitrogen functional groups attached to an aromatic ring is 1. The maximum absolute atomic E-state index is 12.2. The first-order valence-electron chi connectivity index (χ1n) is 5.17. The van der Waals surface area contributed by atoms with Gasteiger partial charge < -0.3 is 15.8 Å². The summed E-state index contributed by atoms with van der Waals surface area (Å²) in [4.78, 5) is 3.84. The molecule has 1 aromatic heterocycles. The molecule has 1 heterocycles. The number of nitrogens with one attached hydrogen (secondary N) is 1. The molecule has 0 fully saturated rings. The molecular formula is C12H11F2N3O. The standard InChI is InChI=1S/C12H11F2N3O/c13-12(14)18-10-4-2-1-3-9(10)17-8-5-6-16-11(15)7-8/h1-7,12H,(H3,15,16,17). The van der Waals surface area contributed by atoms with Gasteiger partial charge in [-0.15, -0.1) is 0 Å². The van der Waals surface area contributed by atoms with Crippen LogP contribution in [0.15, 0.2) is 42.6 Å². The normalized spacial score (nSPS) is 10.4. The predicted molar refractivity (Wildman–Crippen MR) is 65.0 cm³/mol. The number of rotatable bonds is 4.